The van der Waals surface area contributed by atoms with E-state index in [1.54, 1.807) is 0 Å². The van der Waals surface area contributed by atoms with Crippen molar-refractivity contribution in [2.45, 2.75) is 6.17 Å². The van der Waals surface area contributed by atoms with Crippen molar-refractivity contribution in [3.8, 4) is 28.3 Å². The topological polar surface area (TPSA) is 60.5 Å². The van der Waals surface area contributed by atoms with E-state index < -0.39 is 0 Å². The molecule has 4 nitrogen and oxygen atoms in total. The van der Waals surface area contributed by atoms with Crippen molar-refractivity contribution in [1.29, 1.82) is 5.26 Å². The summed E-state index contributed by atoms with van der Waals surface area (Å²) >= 11 is 0. The van der Waals surface area contributed by atoms with Crippen LogP contribution in [-0.2, 0) is 0 Å². The molecular weight excluding hydrogens is 512 g/mol. The van der Waals surface area contributed by atoms with Crippen LogP contribution in [0.1, 0.15) is 28.4 Å². The minimum absolute atomic E-state index is 0.315. The number of rotatable bonds is 5. The molecule has 0 fully saturated rings. The highest BCUT2D eigenvalue weighted by Crippen LogP contribution is 2.30. The number of fused-ring (bicyclic) bond motifs is 1. The molecular formula is C38H26N4. The van der Waals surface area contributed by atoms with E-state index in [2.05, 4.69) is 96.3 Å². The maximum Gasteiger partial charge on any atom is 0.169 e. The third-order valence-corrected chi connectivity index (χ3v) is 7.54. The van der Waals surface area contributed by atoms with Gasteiger partial charge in [0.05, 0.1) is 11.6 Å². The Labute approximate surface area is 245 Å². The summed E-state index contributed by atoms with van der Waals surface area (Å²) in [5.74, 6) is 1.61. The molecule has 1 aliphatic heterocycles. The second-order valence-electron chi connectivity index (χ2n) is 10.3. The highest BCUT2D eigenvalue weighted by atomic mass is 15.2. The normalized spacial score (nSPS) is 14.4. The largest absolute Gasteiger partial charge is 0.324 e. The standard InChI is InChI=1S/C38H26N4/c39-25-26-8-7-13-31(22-26)33-20-21-34-23-32(18-19-35(34)24-33)27-14-16-30(17-15-27)38-41-36(28-9-3-1-4-10-28)40-37(42-38)29-11-5-2-6-12-29/h1-24,36H,(H,40,41,42). The number of benzene rings is 6. The Bertz CT molecular complexity index is 2000. The van der Waals surface area contributed by atoms with E-state index in [9.17, 15) is 5.26 Å². The number of hydrogen-bond acceptors (Lipinski definition) is 4. The fraction of sp³-hybridized carbons (Fsp3) is 0.0263. The summed E-state index contributed by atoms with van der Waals surface area (Å²) in [6, 6.07) is 51.8. The highest BCUT2D eigenvalue weighted by molar-refractivity contribution is 6.16. The van der Waals surface area contributed by atoms with Crippen molar-refractivity contribution in [1.82, 2.24) is 5.32 Å². The second kappa shape index (κ2) is 11.0. The molecule has 1 heterocycles. The maximum absolute atomic E-state index is 9.26. The summed E-state index contributed by atoms with van der Waals surface area (Å²) in [5.41, 5.74) is 8.20. The molecule has 0 amide bonds. The first-order valence-electron chi connectivity index (χ1n) is 13.9. The second-order valence-corrected chi connectivity index (χ2v) is 10.3. The average molecular weight is 539 g/mol. The molecule has 42 heavy (non-hydrogen) atoms. The Morgan fingerprint density at radius 1 is 0.476 bits per heavy atom. The number of nitriles is 1. The predicted octanol–water partition coefficient (Wildman–Crippen LogP) is 8.54. The highest BCUT2D eigenvalue weighted by Gasteiger charge is 2.20. The van der Waals surface area contributed by atoms with Crippen molar-refractivity contribution >= 4 is 22.4 Å². The van der Waals surface area contributed by atoms with Gasteiger partial charge in [0, 0.05) is 11.1 Å². The summed E-state index contributed by atoms with van der Waals surface area (Å²) in [6.45, 7) is 0. The zero-order valence-corrected chi connectivity index (χ0v) is 22.8. The van der Waals surface area contributed by atoms with Crippen molar-refractivity contribution in [2.75, 3.05) is 0 Å². The number of nitrogens with zero attached hydrogens (tertiary/aromatic N) is 3. The molecule has 1 N–H and O–H groups in total. The Kier molecular flexibility index (Phi) is 6.60. The van der Waals surface area contributed by atoms with Gasteiger partial charge in [0.15, 0.2) is 6.17 Å². The van der Waals surface area contributed by atoms with Gasteiger partial charge >= 0.3 is 0 Å². The Morgan fingerprint density at radius 2 is 0.976 bits per heavy atom. The van der Waals surface area contributed by atoms with E-state index >= 15 is 0 Å². The molecule has 6 aromatic rings. The Balaban J connectivity index is 1.18. The number of hydrogen-bond donors (Lipinski definition) is 1. The van der Waals surface area contributed by atoms with Gasteiger partial charge in [-0.3, -0.25) is 0 Å². The molecule has 0 saturated carbocycles. The third-order valence-electron chi connectivity index (χ3n) is 7.54. The first-order chi connectivity index (χ1) is 20.7. The number of nitrogens with one attached hydrogen (secondary N) is 1. The molecule has 1 aliphatic rings. The lowest BCUT2D eigenvalue weighted by molar-refractivity contribution is 0.756. The molecule has 1 unspecified atom stereocenters. The van der Waals surface area contributed by atoms with Crippen molar-refractivity contribution in [3.05, 3.63) is 168 Å². The maximum atomic E-state index is 9.26. The van der Waals surface area contributed by atoms with Crippen LogP contribution in [-0.4, -0.2) is 11.7 Å². The molecule has 0 spiro atoms. The number of aliphatic imine (C=N–C) groups is 2. The lowest BCUT2D eigenvalue weighted by Crippen LogP contribution is -2.36. The summed E-state index contributed by atoms with van der Waals surface area (Å²) in [7, 11) is 0. The van der Waals surface area contributed by atoms with Gasteiger partial charge in [0.25, 0.3) is 0 Å². The van der Waals surface area contributed by atoms with E-state index in [-0.39, 0.29) is 6.17 Å². The van der Waals surface area contributed by atoms with Gasteiger partial charge in [-0.2, -0.15) is 5.26 Å². The molecule has 0 saturated heterocycles. The van der Waals surface area contributed by atoms with Gasteiger partial charge in [-0.15, -0.1) is 0 Å². The SMILES string of the molecule is N#Cc1cccc(-c2ccc3cc(-c4ccc(C5=NC(c6ccccc6)N=C(c6ccccc6)N5)cc4)ccc3c2)c1. The van der Waals surface area contributed by atoms with Gasteiger partial charge in [-0.1, -0.05) is 121 Å². The van der Waals surface area contributed by atoms with Crippen LogP contribution >= 0.6 is 0 Å². The predicted molar refractivity (Wildman–Crippen MR) is 171 cm³/mol. The fourth-order valence-corrected chi connectivity index (χ4v) is 5.31. The van der Waals surface area contributed by atoms with Crippen LogP contribution in [0.15, 0.2) is 156 Å². The quantitative estimate of drug-likeness (QED) is 0.239. The molecule has 6 aromatic carbocycles. The summed E-state index contributed by atoms with van der Waals surface area (Å²) in [5, 5.41) is 15.1. The van der Waals surface area contributed by atoms with Gasteiger partial charge in [-0.05, 0) is 62.9 Å². The molecule has 4 heteroatoms. The van der Waals surface area contributed by atoms with Gasteiger partial charge in [0.2, 0.25) is 0 Å². The molecule has 0 radical (unpaired) electrons. The first kappa shape index (κ1) is 25.2. The number of amidine groups is 2. The third kappa shape index (κ3) is 5.08. The first-order valence-corrected chi connectivity index (χ1v) is 13.9. The van der Waals surface area contributed by atoms with Crippen LogP contribution in [0.25, 0.3) is 33.0 Å². The minimum atomic E-state index is -0.315. The fourth-order valence-electron chi connectivity index (χ4n) is 5.31. The average Bonchev–Trinajstić information content (AvgIpc) is 3.08. The summed E-state index contributed by atoms with van der Waals surface area (Å²) < 4.78 is 0. The zero-order valence-electron chi connectivity index (χ0n) is 22.8. The minimum Gasteiger partial charge on any atom is -0.324 e. The van der Waals surface area contributed by atoms with E-state index in [1.807, 2.05) is 60.7 Å². The summed E-state index contributed by atoms with van der Waals surface area (Å²) in [4.78, 5) is 9.92. The lowest BCUT2D eigenvalue weighted by Gasteiger charge is -2.22. The van der Waals surface area contributed by atoms with Crippen LogP contribution in [0.5, 0.6) is 0 Å². The Hall–Kier alpha value is -5.79. The van der Waals surface area contributed by atoms with Gasteiger partial charge in [-0.25, -0.2) is 9.98 Å². The lowest BCUT2D eigenvalue weighted by atomic mass is 9.96. The molecule has 0 aliphatic carbocycles. The van der Waals surface area contributed by atoms with Crippen LogP contribution in [0, 0.1) is 11.3 Å². The van der Waals surface area contributed by atoms with Crippen molar-refractivity contribution < 1.29 is 0 Å². The van der Waals surface area contributed by atoms with Crippen molar-refractivity contribution in [3.63, 3.8) is 0 Å². The Morgan fingerprint density at radius 3 is 1.62 bits per heavy atom. The van der Waals surface area contributed by atoms with Crippen LogP contribution in [0.4, 0.5) is 0 Å². The molecule has 198 valence electrons. The van der Waals surface area contributed by atoms with Gasteiger partial charge < -0.3 is 5.32 Å². The van der Waals surface area contributed by atoms with E-state index in [0.717, 1.165) is 56.0 Å². The van der Waals surface area contributed by atoms with E-state index in [4.69, 9.17) is 9.98 Å². The van der Waals surface area contributed by atoms with Gasteiger partial charge in [0.1, 0.15) is 11.7 Å². The van der Waals surface area contributed by atoms with E-state index in [0.29, 0.717) is 5.56 Å². The molecule has 1 atom stereocenters. The van der Waals surface area contributed by atoms with Crippen LogP contribution < -0.4 is 5.32 Å². The van der Waals surface area contributed by atoms with Crippen LogP contribution in [0.2, 0.25) is 0 Å². The zero-order chi connectivity index (χ0) is 28.3. The molecule has 0 aromatic heterocycles. The molecule has 0 bridgehead atoms. The summed E-state index contributed by atoms with van der Waals surface area (Å²) in [6.07, 6.45) is -0.315. The smallest absolute Gasteiger partial charge is 0.169 e. The molecule has 7 rings (SSSR count). The van der Waals surface area contributed by atoms with Crippen LogP contribution in [0.3, 0.4) is 0 Å². The van der Waals surface area contributed by atoms with Crippen molar-refractivity contribution in [2.24, 2.45) is 9.98 Å². The van der Waals surface area contributed by atoms with E-state index in [1.165, 1.54) is 5.39 Å². The monoisotopic (exact) mass is 538 g/mol.